The number of halogens is 2. The van der Waals surface area contributed by atoms with Crippen molar-refractivity contribution in [2.24, 2.45) is 0 Å². The third-order valence-electron chi connectivity index (χ3n) is 5.84. The zero-order valence-corrected chi connectivity index (χ0v) is 19.5. The summed E-state index contributed by atoms with van der Waals surface area (Å²) >= 11 is 12.5. The molecule has 1 aliphatic heterocycles. The predicted octanol–water partition coefficient (Wildman–Crippen LogP) is 4.19. The molecule has 4 N–H and O–H groups in total. The molecule has 10 heteroatoms. The van der Waals surface area contributed by atoms with Gasteiger partial charge in [0.1, 0.15) is 5.82 Å². The van der Waals surface area contributed by atoms with Crippen molar-refractivity contribution in [2.75, 3.05) is 17.6 Å². The molecule has 33 heavy (non-hydrogen) atoms. The fourth-order valence-corrected chi connectivity index (χ4v) is 4.77. The van der Waals surface area contributed by atoms with Crippen LogP contribution in [0.5, 0.6) is 0 Å². The number of benzene rings is 2. The standard InChI is InChI=1S/C23H21Cl2N7O/c1-23(2)15-7-6-13(10-12(15)8-9-28-23)29-21-27-11-14-19(26)32(22(33)31-20(14)30-21)18-16(24)4-3-5-17(18)25/h3-7,10-11,28H,8-9,26H2,1-2H3,(H,29,30,31,33). The van der Waals surface area contributed by atoms with Gasteiger partial charge in [-0.2, -0.15) is 9.97 Å². The van der Waals surface area contributed by atoms with E-state index in [9.17, 15) is 4.79 Å². The van der Waals surface area contributed by atoms with E-state index in [4.69, 9.17) is 28.9 Å². The maximum Gasteiger partial charge on any atom is 0.355 e. The minimum atomic E-state index is -0.636. The van der Waals surface area contributed by atoms with Gasteiger partial charge in [-0.1, -0.05) is 35.3 Å². The monoisotopic (exact) mass is 481 g/mol. The highest BCUT2D eigenvalue weighted by molar-refractivity contribution is 6.37. The Morgan fingerprint density at radius 3 is 2.67 bits per heavy atom. The molecular weight excluding hydrogens is 461 g/mol. The Balaban J connectivity index is 1.53. The van der Waals surface area contributed by atoms with Gasteiger partial charge in [-0.3, -0.25) is 0 Å². The number of hydrogen-bond acceptors (Lipinski definition) is 7. The van der Waals surface area contributed by atoms with E-state index < -0.39 is 5.69 Å². The zero-order valence-electron chi connectivity index (χ0n) is 18.0. The van der Waals surface area contributed by atoms with Gasteiger partial charge in [0, 0.05) is 17.4 Å². The molecule has 0 bridgehead atoms. The fourth-order valence-electron chi connectivity index (χ4n) is 4.20. The van der Waals surface area contributed by atoms with Crippen LogP contribution < -0.4 is 22.1 Å². The molecule has 8 nitrogen and oxygen atoms in total. The average Bonchev–Trinajstić information content (AvgIpc) is 2.75. The number of para-hydroxylation sites is 1. The van der Waals surface area contributed by atoms with E-state index in [-0.39, 0.29) is 32.7 Å². The van der Waals surface area contributed by atoms with Gasteiger partial charge in [0.05, 0.1) is 21.1 Å². The summed E-state index contributed by atoms with van der Waals surface area (Å²) in [7, 11) is 0. The van der Waals surface area contributed by atoms with Crippen molar-refractivity contribution in [1.29, 1.82) is 0 Å². The zero-order chi connectivity index (χ0) is 23.3. The third kappa shape index (κ3) is 3.80. The van der Waals surface area contributed by atoms with Gasteiger partial charge in [0.25, 0.3) is 0 Å². The highest BCUT2D eigenvalue weighted by Crippen LogP contribution is 2.32. The van der Waals surface area contributed by atoms with Crippen molar-refractivity contribution in [3.63, 3.8) is 0 Å². The first-order valence-electron chi connectivity index (χ1n) is 10.4. The van der Waals surface area contributed by atoms with E-state index in [1.54, 1.807) is 18.2 Å². The Bertz CT molecular complexity index is 1450. The lowest BCUT2D eigenvalue weighted by atomic mass is 9.85. The minimum Gasteiger partial charge on any atom is -0.384 e. The van der Waals surface area contributed by atoms with E-state index >= 15 is 0 Å². The van der Waals surface area contributed by atoms with Gasteiger partial charge in [-0.25, -0.2) is 14.3 Å². The summed E-state index contributed by atoms with van der Waals surface area (Å²) in [5.41, 5.74) is 9.43. The molecule has 1 aliphatic rings. The lowest BCUT2D eigenvalue weighted by Gasteiger charge is -2.34. The molecule has 0 saturated heterocycles. The van der Waals surface area contributed by atoms with Gasteiger partial charge >= 0.3 is 5.69 Å². The second-order valence-corrected chi connectivity index (χ2v) is 9.23. The molecule has 168 valence electrons. The Kier molecular flexibility index (Phi) is 5.23. The van der Waals surface area contributed by atoms with Gasteiger partial charge in [0.2, 0.25) is 5.95 Å². The van der Waals surface area contributed by atoms with E-state index in [1.807, 2.05) is 6.07 Å². The lowest BCUT2D eigenvalue weighted by molar-refractivity contribution is 0.382. The summed E-state index contributed by atoms with van der Waals surface area (Å²) in [5.74, 6) is 0.422. The normalized spacial score (nSPS) is 14.8. The topological polar surface area (TPSA) is 111 Å². The summed E-state index contributed by atoms with van der Waals surface area (Å²) in [4.78, 5) is 25.7. The number of nitrogens with one attached hydrogen (secondary N) is 2. The molecule has 3 heterocycles. The van der Waals surface area contributed by atoms with Crippen LogP contribution in [0.3, 0.4) is 0 Å². The Hall–Kier alpha value is -3.20. The lowest BCUT2D eigenvalue weighted by Crippen LogP contribution is -2.42. The quantitative estimate of drug-likeness (QED) is 0.402. The van der Waals surface area contributed by atoms with Crippen molar-refractivity contribution in [3.8, 4) is 5.69 Å². The Labute approximate surface area is 199 Å². The predicted molar refractivity (Wildman–Crippen MR) is 132 cm³/mol. The maximum absolute atomic E-state index is 12.8. The Morgan fingerprint density at radius 1 is 1.15 bits per heavy atom. The number of anilines is 3. The molecule has 5 rings (SSSR count). The molecule has 0 atom stereocenters. The molecule has 2 aromatic carbocycles. The van der Waals surface area contributed by atoms with Crippen LogP contribution in [0, 0.1) is 0 Å². The van der Waals surface area contributed by atoms with Crippen LogP contribution in [0.15, 0.2) is 47.4 Å². The van der Waals surface area contributed by atoms with Crippen LogP contribution >= 0.6 is 23.2 Å². The molecule has 0 aliphatic carbocycles. The van der Waals surface area contributed by atoms with Crippen molar-refractivity contribution in [3.05, 3.63) is 74.3 Å². The molecule has 2 aromatic heterocycles. The summed E-state index contributed by atoms with van der Waals surface area (Å²) in [6, 6.07) is 11.1. The second kappa shape index (κ2) is 7.98. The molecular formula is C23H21Cl2N7O. The summed E-state index contributed by atoms with van der Waals surface area (Å²) in [6.45, 7) is 5.26. The number of nitrogen functional groups attached to an aromatic ring is 1. The highest BCUT2D eigenvalue weighted by atomic mass is 35.5. The number of fused-ring (bicyclic) bond motifs is 2. The van der Waals surface area contributed by atoms with E-state index in [0.717, 1.165) is 18.7 Å². The van der Waals surface area contributed by atoms with Gasteiger partial charge in [0.15, 0.2) is 5.65 Å². The first-order chi connectivity index (χ1) is 15.7. The molecule has 0 amide bonds. The fraction of sp³-hybridized carbons (Fsp3) is 0.217. The van der Waals surface area contributed by atoms with Crippen LogP contribution in [0.2, 0.25) is 10.0 Å². The average molecular weight is 482 g/mol. The first kappa shape index (κ1) is 21.6. The van der Waals surface area contributed by atoms with Crippen LogP contribution in [-0.4, -0.2) is 26.1 Å². The number of aromatic nitrogens is 4. The summed E-state index contributed by atoms with van der Waals surface area (Å²) in [6.07, 6.45) is 2.47. The highest BCUT2D eigenvalue weighted by Gasteiger charge is 2.26. The third-order valence-corrected chi connectivity index (χ3v) is 6.45. The molecule has 0 unspecified atom stereocenters. The SMILES string of the molecule is CC1(C)NCCc2cc(Nc3ncc4c(N)n(-c5c(Cl)cccc5Cl)c(=O)nc4n3)ccc21. The molecule has 0 radical (unpaired) electrons. The minimum absolute atomic E-state index is 0.0720. The number of nitrogens with zero attached hydrogens (tertiary/aromatic N) is 4. The summed E-state index contributed by atoms with van der Waals surface area (Å²) in [5, 5.41) is 7.70. The van der Waals surface area contributed by atoms with E-state index in [2.05, 4.69) is 51.6 Å². The van der Waals surface area contributed by atoms with Crippen LogP contribution in [0.1, 0.15) is 25.0 Å². The van der Waals surface area contributed by atoms with Crippen molar-refractivity contribution in [1.82, 2.24) is 24.8 Å². The van der Waals surface area contributed by atoms with Crippen molar-refractivity contribution < 1.29 is 0 Å². The molecule has 4 aromatic rings. The Morgan fingerprint density at radius 2 is 1.91 bits per heavy atom. The number of hydrogen-bond donors (Lipinski definition) is 3. The van der Waals surface area contributed by atoms with Crippen LogP contribution in [-0.2, 0) is 12.0 Å². The summed E-state index contributed by atoms with van der Waals surface area (Å²) < 4.78 is 1.17. The number of rotatable bonds is 3. The molecule has 0 spiro atoms. The van der Waals surface area contributed by atoms with Crippen LogP contribution in [0.25, 0.3) is 16.7 Å². The smallest absolute Gasteiger partial charge is 0.355 e. The maximum atomic E-state index is 12.8. The van der Waals surface area contributed by atoms with Crippen molar-refractivity contribution in [2.45, 2.75) is 25.8 Å². The van der Waals surface area contributed by atoms with Gasteiger partial charge < -0.3 is 16.4 Å². The van der Waals surface area contributed by atoms with Gasteiger partial charge in [-0.15, -0.1) is 0 Å². The van der Waals surface area contributed by atoms with Crippen LogP contribution in [0.4, 0.5) is 17.5 Å². The second-order valence-electron chi connectivity index (χ2n) is 8.41. The van der Waals surface area contributed by atoms with Crippen molar-refractivity contribution >= 4 is 51.7 Å². The van der Waals surface area contributed by atoms with Gasteiger partial charge in [-0.05, 0) is 62.2 Å². The number of nitrogens with two attached hydrogens (primary N) is 1. The van der Waals surface area contributed by atoms with E-state index in [1.165, 1.54) is 21.9 Å². The first-order valence-corrected chi connectivity index (χ1v) is 11.2. The molecule has 0 saturated carbocycles. The largest absolute Gasteiger partial charge is 0.384 e. The van der Waals surface area contributed by atoms with E-state index in [0.29, 0.717) is 11.3 Å². The molecule has 0 fully saturated rings.